The highest BCUT2D eigenvalue weighted by atomic mass is 16.4. The molecule has 0 amide bonds. The summed E-state index contributed by atoms with van der Waals surface area (Å²) in [5.41, 5.74) is 13.4. The lowest BCUT2D eigenvalue weighted by molar-refractivity contribution is -0.131. The summed E-state index contributed by atoms with van der Waals surface area (Å²) >= 11 is 0. The Morgan fingerprint density at radius 1 is 1.19 bits per heavy atom. The van der Waals surface area contributed by atoms with E-state index in [1.165, 1.54) is 5.56 Å². The maximum Gasteiger partial charge on any atom is 0.328 e. The van der Waals surface area contributed by atoms with E-state index in [1.807, 2.05) is 18.2 Å². The number of aromatic nitrogens is 1. The van der Waals surface area contributed by atoms with Gasteiger partial charge in [-0.15, -0.1) is 0 Å². The highest BCUT2D eigenvalue weighted by Crippen LogP contribution is 2.34. The first-order valence-electron chi connectivity index (χ1n) is 9.17. The number of benzene rings is 2. The van der Waals surface area contributed by atoms with Gasteiger partial charge in [0, 0.05) is 23.7 Å². The molecule has 3 aromatic rings. The highest BCUT2D eigenvalue weighted by molar-refractivity contribution is 5.98. The Hall–Kier alpha value is -2.98. The second-order valence-electron chi connectivity index (χ2n) is 6.68. The molecule has 3 rings (SSSR count). The molecule has 27 heavy (non-hydrogen) atoms. The van der Waals surface area contributed by atoms with Crippen LogP contribution in [0.2, 0.25) is 0 Å². The fraction of sp³-hybridized carbons (Fsp3) is 0.217. The molecule has 138 valence electrons. The van der Waals surface area contributed by atoms with Crippen molar-refractivity contribution in [2.45, 2.75) is 33.2 Å². The van der Waals surface area contributed by atoms with E-state index in [9.17, 15) is 4.79 Å². The van der Waals surface area contributed by atoms with Gasteiger partial charge in [0.25, 0.3) is 0 Å². The van der Waals surface area contributed by atoms with Crippen molar-refractivity contribution in [3.05, 3.63) is 70.9 Å². The summed E-state index contributed by atoms with van der Waals surface area (Å²) in [6.45, 7) is 4.61. The summed E-state index contributed by atoms with van der Waals surface area (Å²) in [6, 6.07) is 14.2. The largest absolute Gasteiger partial charge is 0.478 e. The van der Waals surface area contributed by atoms with Crippen molar-refractivity contribution < 1.29 is 9.90 Å². The third-order valence-corrected chi connectivity index (χ3v) is 4.65. The Morgan fingerprint density at radius 3 is 2.56 bits per heavy atom. The van der Waals surface area contributed by atoms with Gasteiger partial charge >= 0.3 is 5.97 Å². The summed E-state index contributed by atoms with van der Waals surface area (Å²) in [6.07, 6.45) is 4.62. The van der Waals surface area contributed by atoms with Gasteiger partial charge in [-0.05, 0) is 53.8 Å². The number of aryl methyl sites for hydroxylation is 2. The van der Waals surface area contributed by atoms with Crippen molar-refractivity contribution >= 4 is 22.9 Å². The van der Waals surface area contributed by atoms with Crippen molar-refractivity contribution in [2.75, 3.05) is 0 Å². The lowest BCUT2D eigenvalue weighted by atomic mass is 9.91. The Morgan fingerprint density at radius 2 is 1.93 bits per heavy atom. The molecule has 0 fully saturated rings. The molecule has 3 N–H and O–H groups in total. The van der Waals surface area contributed by atoms with Gasteiger partial charge in [-0.3, -0.25) is 4.98 Å². The molecule has 4 heteroatoms. The Labute approximate surface area is 159 Å². The van der Waals surface area contributed by atoms with Crippen LogP contribution in [0.1, 0.15) is 35.7 Å². The fourth-order valence-electron chi connectivity index (χ4n) is 3.36. The quantitative estimate of drug-likeness (QED) is 0.624. The van der Waals surface area contributed by atoms with Gasteiger partial charge in [0.2, 0.25) is 0 Å². The minimum atomic E-state index is -0.965. The number of hydrogen-bond donors (Lipinski definition) is 2. The predicted molar refractivity (Wildman–Crippen MR) is 110 cm³/mol. The molecule has 1 aromatic heterocycles. The van der Waals surface area contributed by atoms with Gasteiger partial charge in [0.15, 0.2) is 0 Å². The number of carbonyl (C=O) groups is 1. The van der Waals surface area contributed by atoms with E-state index < -0.39 is 5.97 Å². The molecular weight excluding hydrogens is 336 g/mol. The van der Waals surface area contributed by atoms with Crippen molar-refractivity contribution in [1.29, 1.82) is 0 Å². The zero-order valence-corrected chi connectivity index (χ0v) is 15.7. The molecule has 0 saturated heterocycles. The number of nitrogens with zero attached hydrogens (tertiary/aromatic N) is 1. The van der Waals surface area contributed by atoms with Crippen LogP contribution in [-0.2, 0) is 17.8 Å². The number of hydrogen-bond acceptors (Lipinski definition) is 3. The standard InChI is InChI=1S/C23H24N2O2/c1-3-4-20-19(14-24)23(17-9-5-15(2)6-10-17)18-13-16(8-12-22(26)27)7-11-21(18)25-20/h5-13H,3-4,14,24H2,1-2H3,(H,26,27). The summed E-state index contributed by atoms with van der Waals surface area (Å²) in [5.74, 6) is -0.965. The zero-order chi connectivity index (χ0) is 19.4. The van der Waals surface area contributed by atoms with E-state index in [1.54, 1.807) is 6.08 Å². The maximum atomic E-state index is 10.9. The van der Waals surface area contributed by atoms with Crippen molar-refractivity contribution in [2.24, 2.45) is 5.73 Å². The Balaban J connectivity index is 2.32. The number of fused-ring (bicyclic) bond motifs is 1. The van der Waals surface area contributed by atoms with Crippen LogP contribution in [0.15, 0.2) is 48.5 Å². The SMILES string of the molecule is CCCc1nc2ccc(C=CC(=O)O)cc2c(-c2ccc(C)cc2)c1CN. The average molecular weight is 360 g/mol. The number of carboxylic acid groups (broad SMARTS) is 1. The van der Waals surface area contributed by atoms with Crippen LogP contribution < -0.4 is 5.73 Å². The summed E-state index contributed by atoms with van der Waals surface area (Å²) in [4.78, 5) is 15.7. The van der Waals surface area contributed by atoms with E-state index >= 15 is 0 Å². The molecule has 1 heterocycles. The summed E-state index contributed by atoms with van der Waals surface area (Å²) in [5, 5.41) is 9.90. The molecule has 4 nitrogen and oxygen atoms in total. The van der Waals surface area contributed by atoms with Gasteiger partial charge in [0.1, 0.15) is 0 Å². The minimum absolute atomic E-state index is 0.413. The predicted octanol–water partition coefficient (Wildman–Crippen LogP) is 4.72. The fourth-order valence-corrected chi connectivity index (χ4v) is 3.36. The van der Waals surface area contributed by atoms with Crippen molar-refractivity contribution in [1.82, 2.24) is 4.98 Å². The van der Waals surface area contributed by atoms with Gasteiger partial charge in [0.05, 0.1) is 5.52 Å². The second-order valence-corrected chi connectivity index (χ2v) is 6.68. The van der Waals surface area contributed by atoms with Crippen LogP contribution in [0.4, 0.5) is 0 Å². The number of aliphatic carboxylic acids is 1. The smallest absolute Gasteiger partial charge is 0.328 e. The summed E-state index contributed by atoms with van der Waals surface area (Å²) in [7, 11) is 0. The van der Waals surface area contributed by atoms with Gasteiger partial charge in [-0.25, -0.2) is 4.79 Å². The molecule has 0 atom stereocenters. The lowest BCUT2D eigenvalue weighted by Crippen LogP contribution is -2.07. The first-order chi connectivity index (χ1) is 13.0. The third kappa shape index (κ3) is 4.07. The Kier molecular flexibility index (Phi) is 5.67. The average Bonchev–Trinajstić information content (AvgIpc) is 2.66. The van der Waals surface area contributed by atoms with Crippen molar-refractivity contribution in [3.8, 4) is 11.1 Å². The minimum Gasteiger partial charge on any atom is -0.478 e. The summed E-state index contributed by atoms with van der Waals surface area (Å²) < 4.78 is 0. The molecule has 0 radical (unpaired) electrons. The first-order valence-corrected chi connectivity index (χ1v) is 9.17. The molecule has 0 aliphatic carbocycles. The number of pyridine rings is 1. The monoisotopic (exact) mass is 360 g/mol. The second kappa shape index (κ2) is 8.14. The lowest BCUT2D eigenvalue weighted by Gasteiger charge is -2.17. The van der Waals surface area contributed by atoms with Crippen LogP contribution in [0, 0.1) is 6.92 Å². The van der Waals surface area contributed by atoms with Gasteiger partial charge in [-0.1, -0.05) is 49.2 Å². The van der Waals surface area contributed by atoms with E-state index in [-0.39, 0.29) is 0 Å². The van der Waals surface area contributed by atoms with Crippen LogP contribution in [0.3, 0.4) is 0 Å². The van der Waals surface area contributed by atoms with Crippen LogP contribution in [0.25, 0.3) is 28.1 Å². The third-order valence-electron chi connectivity index (χ3n) is 4.65. The topological polar surface area (TPSA) is 76.2 Å². The molecule has 0 spiro atoms. The zero-order valence-electron chi connectivity index (χ0n) is 15.7. The van der Waals surface area contributed by atoms with Crippen molar-refractivity contribution in [3.63, 3.8) is 0 Å². The number of rotatable bonds is 6. The normalized spacial score (nSPS) is 11.4. The molecule has 0 aliphatic heterocycles. The van der Waals surface area contributed by atoms with Gasteiger partial charge < -0.3 is 10.8 Å². The van der Waals surface area contributed by atoms with Crippen LogP contribution >= 0.6 is 0 Å². The molecule has 0 saturated carbocycles. The first kappa shape index (κ1) is 18.8. The molecule has 0 aliphatic rings. The molecule has 0 bridgehead atoms. The molecule has 2 aromatic carbocycles. The van der Waals surface area contributed by atoms with E-state index in [2.05, 4.69) is 38.1 Å². The van der Waals surface area contributed by atoms with Gasteiger partial charge in [-0.2, -0.15) is 0 Å². The van der Waals surface area contributed by atoms with E-state index in [0.29, 0.717) is 6.54 Å². The van der Waals surface area contributed by atoms with Crippen LogP contribution in [0.5, 0.6) is 0 Å². The Bertz CT molecular complexity index is 1010. The number of carboxylic acids is 1. The van der Waals surface area contributed by atoms with E-state index in [0.717, 1.165) is 57.8 Å². The maximum absolute atomic E-state index is 10.9. The van der Waals surface area contributed by atoms with E-state index in [4.69, 9.17) is 15.8 Å². The number of nitrogens with two attached hydrogens (primary N) is 1. The molecular formula is C23H24N2O2. The molecule has 0 unspecified atom stereocenters. The highest BCUT2D eigenvalue weighted by Gasteiger charge is 2.15. The van der Waals surface area contributed by atoms with Crippen LogP contribution in [-0.4, -0.2) is 16.1 Å².